The normalized spacial score (nSPS) is 10.3. The first-order chi connectivity index (χ1) is 7.20. The van der Waals surface area contributed by atoms with Crippen LogP contribution in [0.25, 0.3) is 10.6 Å². The molecule has 0 aliphatic rings. The summed E-state index contributed by atoms with van der Waals surface area (Å²) in [5.74, 6) is 0. The Balaban J connectivity index is 2.45. The van der Waals surface area contributed by atoms with Crippen LogP contribution in [-0.2, 0) is 0 Å². The minimum atomic E-state index is 0.681. The van der Waals surface area contributed by atoms with Crippen molar-refractivity contribution in [3.05, 3.63) is 39.9 Å². The molecule has 0 radical (unpaired) electrons. The van der Waals surface area contributed by atoms with Crippen LogP contribution in [0.3, 0.4) is 0 Å². The third-order valence-corrected chi connectivity index (χ3v) is 3.41. The lowest BCUT2D eigenvalue weighted by molar-refractivity contribution is 0.112. The molecule has 0 spiro atoms. The van der Waals surface area contributed by atoms with E-state index in [0.29, 0.717) is 9.90 Å². The van der Waals surface area contributed by atoms with Gasteiger partial charge in [-0.3, -0.25) is 4.79 Å². The minimum absolute atomic E-state index is 0.681. The molecule has 0 atom stereocenters. The van der Waals surface area contributed by atoms with Gasteiger partial charge in [0, 0.05) is 10.6 Å². The first-order valence-corrected chi connectivity index (χ1v) is 5.58. The highest BCUT2D eigenvalue weighted by atomic mass is 35.5. The zero-order chi connectivity index (χ0) is 10.8. The Morgan fingerprint density at radius 2 is 2.00 bits per heavy atom. The van der Waals surface area contributed by atoms with Crippen molar-refractivity contribution >= 4 is 29.2 Å². The van der Waals surface area contributed by atoms with Crippen LogP contribution in [0, 0.1) is 6.92 Å². The van der Waals surface area contributed by atoms with Crippen LogP contribution in [0.5, 0.6) is 0 Å². The molecule has 0 unspecified atom stereocenters. The molecule has 2 aromatic rings. The van der Waals surface area contributed by atoms with Gasteiger partial charge in [0.25, 0.3) is 0 Å². The maximum atomic E-state index is 10.7. The summed E-state index contributed by atoms with van der Waals surface area (Å²) in [4.78, 5) is 15.7. The molecule has 0 bridgehead atoms. The summed E-state index contributed by atoms with van der Waals surface area (Å²) in [7, 11) is 0. The number of carbonyl (C=O) groups excluding carboxylic acids is 1. The summed E-state index contributed by atoms with van der Waals surface area (Å²) in [6.45, 7) is 1.83. The number of halogens is 1. The minimum Gasteiger partial charge on any atom is -0.297 e. The predicted molar refractivity (Wildman–Crippen MR) is 62.7 cm³/mol. The van der Waals surface area contributed by atoms with E-state index >= 15 is 0 Å². The van der Waals surface area contributed by atoms with E-state index in [1.807, 2.05) is 31.2 Å². The number of aryl methyl sites for hydroxylation is 1. The lowest BCUT2D eigenvalue weighted by Gasteiger charge is -1.94. The van der Waals surface area contributed by atoms with E-state index in [1.54, 1.807) is 0 Å². The molecule has 1 aromatic carbocycles. The molecule has 15 heavy (non-hydrogen) atoms. The van der Waals surface area contributed by atoms with Crippen LogP contribution in [0.1, 0.15) is 15.4 Å². The van der Waals surface area contributed by atoms with E-state index in [-0.39, 0.29) is 0 Å². The third-order valence-electron chi connectivity index (χ3n) is 2.03. The topological polar surface area (TPSA) is 30.0 Å². The van der Waals surface area contributed by atoms with Crippen molar-refractivity contribution in [2.75, 3.05) is 0 Å². The number of hydrogen-bond donors (Lipinski definition) is 0. The van der Waals surface area contributed by atoms with Gasteiger partial charge in [0.15, 0.2) is 6.29 Å². The summed E-state index contributed by atoms with van der Waals surface area (Å²) in [6, 6.07) is 7.42. The van der Waals surface area contributed by atoms with Crippen molar-refractivity contribution in [1.29, 1.82) is 0 Å². The van der Waals surface area contributed by atoms with E-state index < -0.39 is 0 Å². The zero-order valence-corrected chi connectivity index (χ0v) is 9.60. The lowest BCUT2D eigenvalue weighted by Crippen LogP contribution is -1.78. The molecule has 4 heteroatoms. The fourth-order valence-electron chi connectivity index (χ4n) is 1.23. The smallest absolute Gasteiger partial charge is 0.161 e. The largest absolute Gasteiger partial charge is 0.297 e. The highest BCUT2D eigenvalue weighted by Gasteiger charge is 2.07. The van der Waals surface area contributed by atoms with Gasteiger partial charge in [-0.15, -0.1) is 11.3 Å². The monoisotopic (exact) mass is 237 g/mol. The standard InChI is InChI=1S/C11H8ClNOS/c1-7-10(6-14)15-11(13-7)8-2-4-9(12)5-3-8/h2-6H,1H3. The second-order valence-electron chi connectivity index (χ2n) is 3.09. The Morgan fingerprint density at radius 1 is 1.33 bits per heavy atom. The molecular weight excluding hydrogens is 230 g/mol. The molecule has 1 heterocycles. The molecule has 0 saturated heterocycles. The number of hydrogen-bond acceptors (Lipinski definition) is 3. The van der Waals surface area contributed by atoms with E-state index in [2.05, 4.69) is 4.98 Å². The van der Waals surface area contributed by atoms with Gasteiger partial charge in [0.1, 0.15) is 5.01 Å². The molecule has 0 aliphatic heterocycles. The number of aldehydes is 1. The summed E-state index contributed by atoms with van der Waals surface area (Å²) in [5, 5.41) is 1.55. The van der Waals surface area contributed by atoms with Gasteiger partial charge in [0.2, 0.25) is 0 Å². The number of aromatic nitrogens is 1. The summed E-state index contributed by atoms with van der Waals surface area (Å²) in [5.41, 5.74) is 1.76. The van der Waals surface area contributed by atoms with E-state index in [0.717, 1.165) is 22.6 Å². The quantitative estimate of drug-likeness (QED) is 0.748. The Bertz CT molecular complexity index is 490. The van der Waals surface area contributed by atoms with Crippen molar-refractivity contribution in [3.8, 4) is 10.6 Å². The molecule has 2 rings (SSSR count). The van der Waals surface area contributed by atoms with Gasteiger partial charge in [-0.2, -0.15) is 0 Å². The summed E-state index contributed by atoms with van der Waals surface area (Å²) < 4.78 is 0. The lowest BCUT2D eigenvalue weighted by atomic mass is 10.2. The van der Waals surface area contributed by atoms with Gasteiger partial charge in [-0.05, 0) is 19.1 Å². The molecular formula is C11H8ClNOS. The molecule has 0 amide bonds. The van der Waals surface area contributed by atoms with E-state index in [1.165, 1.54) is 11.3 Å². The van der Waals surface area contributed by atoms with E-state index in [4.69, 9.17) is 11.6 Å². The summed E-state index contributed by atoms with van der Waals surface area (Å²) in [6.07, 6.45) is 0.840. The average molecular weight is 238 g/mol. The maximum absolute atomic E-state index is 10.7. The molecule has 2 nitrogen and oxygen atoms in total. The first kappa shape index (κ1) is 10.3. The maximum Gasteiger partial charge on any atom is 0.161 e. The van der Waals surface area contributed by atoms with Crippen LogP contribution in [0.2, 0.25) is 5.02 Å². The van der Waals surface area contributed by atoms with Crippen LogP contribution < -0.4 is 0 Å². The van der Waals surface area contributed by atoms with Crippen LogP contribution >= 0.6 is 22.9 Å². The van der Waals surface area contributed by atoms with Crippen LogP contribution in [0.15, 0.2) is 24.3 Å². The average Bonchev–Trinajstić information content (AvgIpc) is 2.61. The molecule has 0 saturated carbocycles. The Labute approximate surface area is 96.5 Å². The van der Waals surface area contributed by atoms with Crippen molar-refractivity contribution < 1.29 is 4.79 Å². The second-order valence-corrected chi connectivity index (χ2v) is 4.56. The zero-order valence-electron chi connectivity index (χ0n) is 8.03. The van der Waals surface area contributed by atoms with Crippen molar-refractivity contribution in [1.82, 2.24) is 4.98 Å². The number of nitrogens with zero attached hydrogens (tertiary/aromatic N) is 1. The van der Waals surface area contributed by atoms with Crippen LogP contribution in [-0.4, -0.2) is 11.3 Å². The van der Waals surface area contributed by atoms with Gasteiger partial charge >= 0.3 is 0 Å². The highest BCUT2D eigenvalue weighted by Crippen LogP contribution is 2.27. The van der Waals surface area contributed by atoms with Gasteiger partial charge < -0.3 is 0 Å². The number of carbonyl (C=O) groups is 1. The SMILES string of the molecule is Cc1nc(-c2ccc(Cl)cc2)sc1C=O. The fourth-order valence-corrected chi connectivity index (χ4v) is 2.25. The van der Waals surface area contributed by atoms with Crippen LogP contribution in [0.4, 0.5) is 0 Å². The van der Waals surface area contributed by atoms with Crippen molar-refractivity contribution in [2.45, 2.75) is 6.92 Å². The third kappa shape index (κ3) is 2.08. The Morgan fingerprint density at radius 3 is 2.53 bits per heavy atom. The summed E-state index contributed by atoms with van der Waals surface area (Å²) >= 11 is 7.19. The molecule has 0 aliphatic carbocycles. The van der Waals surface area contributed by atoms with Gasteiger partial charge in [-0.1, -0.05) is 23.7 Å². The Kier molecular flexibility index (Phi) is 2.84. The molecule has 0 fully saturated rings. The highest BCUT2D eigenvalue weighted by molar-refractivity contribution is 7.16. The Hall–Kier alpha value is -1.19. The number of thiazole rings is 1. The predicted octanol–water partition coefficient (Wildman–Crippen LogP) is 3.58. The van der Waals surface area contributed by atoms with Crippen molar-refractivity contribution in [3.63, 3.8) is 0 Å². The first-order valence-electron chi connectivity index (χ1n) is 4.39. The van der Waals surface area contributed by atoms with E-state index in [9.17, 15) is 4.79 Å². The van der Waals surface area contributed by atoms with Gasteiger partial charge in [0.05, 0.1) is 10.6 Å². The van der Waals surface area contributed by atoms with Crippen molar-refractivity contribution in [2.24, 2.45) is 0 Å². The number of benzene rings is 1. The molecule has 1 aromatic heterocycles. The number of rotatable bonds is 2. The second kappa shape index (κ2) is 4.13. The molecule has 76 valence electrons. The fraction of sp³-hybridized carbons (Fsp3) is 0.0909. The molecule has 0 N–H and O–H groups in total. The van der Waals surface area contributed by atoms with Gasteiger partial charge in [-0.25, -0.2) is 4.98 Å².